The number of aromatic nitrogens is 3. The number of hydrogen-bond acceptors (Lipinski definition) is 6. The number of carbonyl (C=O) groups is 1. The molecular weight excluding hydrogens is 506 g/mol. The Labute approximate surface area is 213 Å². The van der Waals surface area contributed by atoms with E-state index in [0.717, 1.165) is 63.1 Å². The maximum atomic E-state index is 12.0. The number of likely N-dealkylation sites (tertiary alicyclic amines) is 1. The normalized spacial score (nSPS) is 14.5. The monoisotopic (exact) mass is 535 g/mol. The molecule has 5 rings (SSSR count). The maximum Gasteiger partial charge on any atom is 0.337 e. The number of aromatic amines is 1. The molecule has 0 atom stereocenters. The second kappa shape index (κ2) is 10.7. The SMILES string of the molecule is COC(=O)c1ccc2c(c1)[nH]c1nc(Cc3cccc(Br)c3)nc(NCCCN3CCCCC3)c12. The van der Waals surface area contributed by atoms with Crippen LogP contribution in [0.1, 0.15) is 47.4 Å². The van der Waals surface area contributed by atoms with Gasteiger partial charge in [0.2, 0.25) is 0 Å². The lowest BCUT2D eigenvalue weighted by molar-refractivity contribution is 0.0601. The van der Waals surface area contributed by atoms with Crippen LogP contribution < -0.4 is 5.32 Å². The third-order valence-electron chi connectivity index (χ3n) is 6.56. The third-order valence-corrected chi connectivity index (χ3v) is 7.06. The standard InChI is InChI=1S/C27H30BrN5O2/c1-35-27(34)19-9-10-21-22(17-19)30-26-24(21)25(29-11-6-14-33-12-3-2-4-13-33)31-23(32-26)16-18-7-5-8-20(28)15-18/h5,7-10,15,17H,2-4,6,11-14,16H2,1H3,(H2,29,30,31,32). The van der Waals surface area contributed by atoms with Gasteiger partial charge in [-0.1, -0.05) is 40.5 Å². The van der Waals surface area contributed by atoms with Gasteiger partial charge in [-0.15, -0.1) is 0 Å². The van der Waals surface area contributed by atoms with E-state index < -0.39 is 0 Å². The van der Waals surface area contributed by atoms with E-state index in [1.54, 1.807) is 6.07 Å². The van der Waals surface area contributed by atoms with E-state index in [0.29, 0.717) is 12.0 Å². The van der Waals surface area contributed by atoms with Crippen molar-refractivity contribution < 1.29 is 9.53 Å². The lowest BCUT2D eigenvalue weighted by Crippen LogP contribution is -2.31. The van der Waals surface area contributed by atoms with Crippen LogP contribution in [0.2, 0.25) is 0 Å². The molecule has 2 aromatic carbocycles. The van der Waals surface area contributed by atoms with E-state index in [9.17, 15) is 4.79 Å². The van der Waals surface area contributed by atoms with Crippen molar-refractivity contribution in [2.75, 3.05) is 38.6 Å². The highest BCUT2D eigenvalue weighted by Gasteiger charge is 2.17. The highest BCUT2D eigenvalue weighted by atomic mass is 79.9. The van der Waals surface area contributed by atoms with Gasteiger partial charge < -0.3 is 19.9 Å². The number of hydrogen-bond donors (Lipinski definition) is 2. The van der Waals surface area contributed by atoms with Crippen LogP contribution >= 0.6 is 15.9 Å². The minimum Gasteiger partial charge on any atom is -0.465 e. The van der Waals surface area contributed by atoms with E-state index in [2.05, 4.69) is 43.3 Å². The molecule has 35 heavy (non-hydrogen) atoms. The first-order valence-electron chi connectivity index (χ1n) is 12.2. The number of benzene rings is 2. The summed E-state index contributed by atoms with van der Waals surface area (Å²) < 4.78 is 5.93. The minimum atomic E-state index is -0.358. The van der Waals surface area contributed by atoms with Gasteiger partial charge in [-0.2, -0.15) is 0 Å². The lowest BCUT2D eigenvalue weighted by Gasteiger charge is -2.26. The smallest absolute Gasteiger partial charge is 0.337 e. The quantitative estimate of drug-likeness (QED) is 0.227. The van der Waals surface area contributed by atoms with E-state index in [1.807, 2.05) is 24.3 Å². The highest BCUT2D eigenvalue weighted by molar-refractivity contribution is 9.10. The first-order chi connectivity index (χ1) is 17.1. The molecule has 182 valence electrons. The largest absolute Gasteiger partial charge is 0.465 e. The Bertz CT molecular complexity index is 1350. The zero-order chi connectivity index (χ0) is 24.2. The van der Waals surface area contributed by atoms with Crippen molar-refractivity contribution in [2.24, 2.45) is 0 Å². The summed E-state index contributed by atoms with van der Waals surface area (Å²) >= 11 is 3.55. The van der Waals surface area contributed by atoms with Gasteiger partial charge in [0.15, 0.2) is 0 Å². The Kier molecular flexibility index (Phi) is 7.29. The molecule has 0 spiro atoms. The summed E-state index contributed by atoms with van der Waals surface area (Å²) in [6.45, 7) is 4.35. The Morgan fingerprint density at radius 1 is 1.14 bits per heavy atom. The molecule has 0 saturated carbocycles. The van der Waals surface area contributed by atoms with Crippen molar-refractivity contribution >= 4 is 49.7 Å². The van der Waals surface area contributed by atoms with Crippen molar-refractivity contribution in [3.05, 3.63) is 63.9 Å². The van der Waals surface area contributed by atoms with Crippen LogP contribution in [0.25, 0.3) is 21.9 Å². The average molecular weight is 536 g/mol. The predicted molar refractivity (Wildman–Crippen MR) is 143 cm³/mol. The molecule has 0 bridgehead atoms. The van der Waals surface area contributed by atoms with E-state index in [-0.39, 0.29) is 5.97 Å². The predicted octanol–water partition coefficient (Wildman–Crippen LogP) is 5.54. The minimum absolute atomic E-state index is 0.358. The van der Waals surface area contributed by atoms with Crippen molar-refractivity contribution in [1.82, 2.24) is 19.9 Å². The van der Waals surface area contributed by atoms with E-state index in [4.69, 9.17) is 14.7 Å². The topological polar surface area (TPSA) is 83.1 Å². The van der Waals surface area contributed by atoms with E-state index >= 15 is 0 Å². The second-order valence-corrected chi connectivity index (χ2v) is 9.99. The average Bonchev–Trinajstić information content (AvgIpc) is 3.24. The molecule has 0 amide bonds. The molecule has 8 heteroatoms. The van der Waals surface area contributed by atoms with Crippen LogP contribution in [0, 0.1) is 0 Å². The van der Waals surface area contributed by atoms with Gasteiger partial charge in [-0.05, 0) is 68.7 Å². The number of H-pyrrole nitrogens is 1. The maximum absolute atomic E-state index is 12.0. The summed E-state index contributed by atoms with van der Waals surface area (Å²) in [6.07, 6.45) is 5.65. The summed E-state index contributed by atoms with van der Waals surface area (Å²) in [5.41, 5.74) is 3.25. The zero-order valence-corrected chi connectivity index (χ0v) is 21.5. The highest BCUT2D eigenvalue weighted by Crippen LogP contribution is 2.31. The van der Waals surface area contributed by atoms with Gasteiger partial charge in [-0.3, -0.25) is 0 Å². The Balaban J connectivity index is 1.45. The van der Waals surface area contributed by atoms with Crippen LogP contribution in [0.5, 0.6) is 0 Å². The second-order valence-electron chi connectivity index (χ2n) is 9.08. The zero-order valence-electron chi connectivity index (χ0n) is 19.9. The summed E-state index contributed by atoms with van der Waals surface area (Å²) in [5.74, 6) is 1.22. The molecule has 2 N–H and O–H groups in total. The Morgan fingerprint density at radius 2 is 2.00 bits per heavy atom. The van der Waals surface area contributed by atoms with E-state index in [1.165, 1.54) is 39.5 Å². The van der Waals surface area contributed by atoms with Gasteiger partial charge >= 0.3 is 5.97 Å². The Hall–Kier alpha value is -2.97. The number of methoxy groups -OCH3 is 1. The fourth-order valence-electron chi connectivity index (χ4n) is 4.82. The molecule has 1 aliphatic rings. The first-order valence-corrected chi connectivity index (χ1v) is 13.0. The number of halogens is 1. The summed E-state index contributed by atoms with van der Waals surface area (Å²) in [4.78, 5) is 27.8. The number of esters is 1. The van der Waals surface area contributed by atoms with Crippen molar-refractivity contribution in [1.29, 1.82) is 0 Å². The number of fused-ring (bicyclic) bond motifs is 3. The molecule has 1 fully saturated rings. The fourth-order valence-corrected chi connectivity index (χ4v) is 5.27. The molecule has 2 aromatic heterocycles. The summed E-state index contributed by atoms with van der Waals surface area (Å²) in [6, 6.07) is 13.8. The molecule has 4 aromatic rings. The number of nitrogens with one attached hydrogen (secondary N) is 2. The van der Waals surface area contributed by atoms with Gasteiger partial charge in [0.05, 0.1) is 18.1 Å². The van der Waals surface area contributed by atoms with Crippen LogP contribution in [0.3, 0.4) is 0 Å². The Morgan fingerprint density at radius 3 is 2.80 bits per heavy atom. The molecule has 0 unspecified atom stereocenters. The molecule has 0 aliphatic carbocycles. The number of piperidine rings is 1. The third kappa shape index (κ3) is 5.49. The number of nitrogens with zero attached hydrogens (tertiary/aromatic N) is 3. The summed E-state index contributed by atoms with van der Waals surface area (Å²) in [7, 11) is 1.39. The van der Waals surface area contributed by atoms with Gasteiger partial charge in [0.1, 0.15) is 17.3 Å². The molecule has 7 nitrogen and oxygen atoms in total. The van der Waals surface area contributed by atoms with Crippen LogP contribution in [-0.2, 0) is 11.2 Å². The number of ether oxygens (including phenoxy) is 1. The van der Waals surface area contributed by atoms with Gasteiger partial charge in [-0.25, -0.2) is 14.8 Å². The molecule has 3 heterocycles. The first kappa shape index (κ1) is 23.8. The van der Waals surface area contributed by atoms with Gasteiger partial charge in [0.25, 0.3) is 0 Å². The lowest BCUT2D eigenvalue weighted by atomic mass is 10.1. The molecule has 1 saturated heterocycles. The number of rotatable bonds is 8. The van der Waals surface area contributed by atoms with Gasteiger partial charge in [0, 0.05) is 28.3 Å². The molecule has 1 aliphatic heterocycles. The van der Waals surface area contributed by atoms with Crippen LogP contribution in [0.15, 0.2) is 46.9 Å². The molecular formula is C27H30BrN5O2. The van der Waals surface area contributed by atoms with Crippen molar-refractivity contribution in [3.63, 3.8) is 0 Å². The fraction of sp³-hybridized carbons (Fsp3) is 0.370. The van der Waals surface area contributed by atoms with Crippen molar-refractivity contribution in [2.45, 2.75) is 32.1 Å². The summed E-state index contributed by atoms with van der Waals surface area (Å²) in [5, 5.41) is 5.53. The van der Waals surface area contributed by atoms with Crippen LogP contribution in [0.4, 0.5) is 5.82 Å². The van der Waals surface area contributed by atoms with Crippen molar-refractivity contribution in [3.8, 4) is 0 Å². The number of carbonyl (C=O) groups excluding carboxylic acids is 1. The number of anilines is 1. The van der Waals surface area contributed by atoms with Crippen LogP contribution in [-0.4, -0.2) is 59.1 Å². The molecule has 0 radical (unpaired) electrons.